The maximum Gasteiger partial charge on any atom is 0.196 e. The topological polar surface area (TPSA) is 73.0 Å². The number of para-hydroxylation sites is 2. The lowest BCUT2D eigenvalue weighted by Gasteiger charge is -2.11. The second-order valence-corrected chi connectivity index (χ2v) is 7.68. The van der Waals surface area contributed by atoms with E-state index < -0.39 is 5.82 Å². The molecule has 0 bridgehead atoms. The van der Waals surface area contributed by atoms with Gasteiger partial charge in [-0.05, 0) is 48.5 Å². The van der Waals surface area contributed by atoms with Crippen molar-refractivity contribution in [2.24, 2.45) is 0 Å². The number of hydrogen-bond acceptors (Lipinski definition) is 6. The standard InChI is InChI=1S/C24H19FN4O2S/c25-21-8-4-5-9-22(21)31-17-23-27-28-24(29(23)19-6-2-1-3-7-19)32-15-14-30-20-12-10-18(16-26)11-13-20/h1-13H,14-15,17H2. The molecule has 0 radical (unpaired) electrons. The molecule has 1 heterocycles. The Hall–Kier alpha value is -3.83. The predicted molar refractivity (Wildman–Crippen MR) is 119 cm³/mol. The maximum atomic E-state index is 13.9. The van der Waals surface area contributed by atoms with Crippen molar-refractivity contribution in [2.75, 3.05) is 12.4 Å². The number of benzene rings is 3. The third kappa shape index (κ3) is 5.25. The van der Waals surface area contributed by atoms with Gasteiger partial charge in [0.25, 0.3) is 0 Å². The highest BCUT2D eigenvalue weighted by atomic mass is 32.2. The Kier molecular flexibility index (Phi) is 7.00. The van der Waals surface area contributed by atoms with Crippen molar-refractivity contribution in [3.8, 4) is 23.3 Å². The minimum Gasteiger partial charge on any atom is -0.493 e. The van der Waals surface area contributed by atoms with Crippen LogP contribution in [0.25, 0.3) is 5.69 Å². The average Bonchev–Trinajstić information content (AvgIpc) is 3.25. The SMILES string of the molecule is N#Cc1ccc(OCCSc2nnc(COc3ccccc3F)n2-c2ccccc2)cc1. The first-order valence-corrected chi connectivity index (χ1v) is 10.9. The van der Waals surface area contributed by atoms with Gasteiger partial charge in [0.15, 0.2) is 22.5 Å². The van der Waals surface area contributed by atoms with Crippen molar-refractivity contribution >= 4 is 11.8 Å². The van der Waals surface area contributed by atoms with Gasteiger partial charge in [0, 0.05) is 11.4 Å². The third-order valence-corrected chi connectivity index (χ3v) is 5.37. The number of thioether (sulfide) groups is 1. The summed E-state index contributed by atoms with van der Waals surface area (Å²) in [6, 6.07) is 25.0. The van der Waals surface area contributed by atoms with Crippen LogP contribution in [0.5, 0.6) is 11.5 Å². The molecular formula is C24H19FN4O2S. The van der Waals surface area contributed by atoms with Gasteiger partial charge < -0.3 is 9.47 Å². The molecule has 0 atom stereocenters. The molecule has 4 aromatic rings. The molecule has 6 nitrogen and oxygen atoms in total. The van der Waals surface area contributed by atoms with Gasteiger partial charge in [-0.3, -0.25) is 4.57 Å². The molecule has 0 aliphatic rings. The molecule has 160 valence electrons. The molecule has 0 unspecified atom stereocenters. The fourth-order valence-electron chi connectivity index (χ4n) is 2.95. The van der Waals surface area contributed by atoms with Crippen LogP contribution in [0.15, 0.2) is 84.0 Å². The van der Waals surface area contributed by atoms with Gasteiger partial charge >= 0.3 is 0 Å². The first kappa shape index (κ1) is 21.4. The normalized spacial score (nSPS) is 10.5. The molecular weight excluding hydrogens is 427 g/mol. The van der Waals surface area contributed by atoms with E-state index in [2.05, 4.69) is 16.3 Å². The molecule has 0 aliphatic carbocycles. The first-order chi connectivity index (χ1) is 15.7. The Labute approximate surface area is 189 Å². The smallest absolute Gasteiger partial charge is 0.196 e. The molecule has 8 heteroatoms. The number of aromatic nitrogens is 3. The zero-order chi connectivity index (χ0) is 22.2. The van der Waals surface area contributed by atoms with E-state index >= 15 is 0 Å². The minimum absolute atomic E-state index is 0.0745. The Morgan fingerprint density at radius 3 is 2.41 bits per heavy atom. The summed E-state index contributed by atoms with van der Waals surface area (Å²) < 4.78 is 27.2. The molecule has 0 fully saturated rings. The van der Waals surface area contributed by atoms with Crippen molar-refractivity contribution in [1.29, 1.82) is 5.26 Å². The molecule has 0 aliphatic heterocycles. The van der Waals surface area contributed by atoms with Gasteiger partial charge in [0.05, 0.1) is 18.2 Å². The number of ether oxygens (including phenoxy) is 2. The highest BCUT2D eigenvalue weighted by Crippen LogP contribution is 2.24. The summed E-state index contributed by atoms with van der Waals surface area (Å²) >= 11 is 1.50. The fraction of sp³-hybridized carbons (Fsp3) is 0.125. The Morgan fingerprint density at radius 1 is 0.906 bits per heavy atom. The lowest BCUT2D eigenvalue weighted by atomic mass is 10.2. The van der Waals surface area contributed by atoms with Crippen LogP contribution in [0.2, 0.25) is 0 Å². The second kappa shape index (κ2) is 10.5. The molecule has 4 rings (SSSR count). The van der Waals surface area contributed by atoms with E-state index in [4.69, 9.17) is 14.7 Å². The van der Waals surface area contributed by atoms with Crippen LogP contribution >= 0.6 is 11.8 Å². The van der Waals surface area contributed by atoms with E-state index in [0.717, 1.165) is 5.69 Å². The number of hydrogen-bond donors (Lipinski definition) is 0. The summed E-state index contributed by atoms with van der Waals surface area (Å²) in [5.41, 5.74) is 1.48. The minimum atomic E-state index is -0.423. The van der Waals surface area contributed by atoms with Crippen LogP contribution in [-0.4, -0.2) is 27.1 Å². The van der Waals surface area contributed by atoms with Gasteiger partial charge in [-0.25, -0.2) is 4.39 Å². The van der Waals surface area contributed by atoms with Crippen LogP contribution in [0.3, 0.4) is 0 Å². The van der Waals surface area contributed by atoms with E-state index in [0.29, 0.717) is 34.7 Å². The number of halogens is 1. The van der Waals surface area contributed by atoms with E-state index in [-0.39, 0.29) is 12.4 Å². The Bertz CT molecular complexity index is 1210. The Morgan fingerprint density at radius 2 is 1.66 bits per heavy atom. The summed E-state index contributed by atoms with van der Waals surface area (Å²) in [5, 5.41) is 18.1. The number of nitriles is 1. The van der Waals surface area contributed by atoms with Crippen LogP contribution < -0.4 is 9.47 Å². The molecule has 0 amide bonds. The molecule has 0 spiro atoms. The third-order valence-electron chi connectivity index (χ3n) is 4.47. The van der Waals surface area contributed by atoms with E-state index in [1.54, 1.807) is 42.5 Å². The lowest BCUT2D eigenvalue weighted by molar-refractivity contribution is 0.278. The van der Waals surface area contributed by atoms with Crippen molar-refractivity contribution in [1.82, 2.24) is 14.8 Å². The van der Waals surface area contributed by atoms with Crippen molar-refractivity contribution in [3.63, 3.8) is 0 Å². The average molecular weight is 447 g/mol. The predicted octanol–water partition coefficient (Wildman–Crippen LogP) is 5.03. The number of nitrogens with zero attached hydrogens (tertiary/aromatic N) is 4. The Balaban J connectivity index is 1.44. The number of rotatable bonds is 9. The van der Waals surface area contributed by atoms with Crippen LogP contribution in [-0.2, 0) is 6.61 Å². The van der Waals surface area contributed by atoms with Crippen LogP contribution in [0.1, 0.15) is 11.4 Å². The first-order valence-electron chi connectivity index (χ1n) is 9.87. The molecule has 32 heavy (non-hydrogen) atoms. The zero-order valence-electron chi connectivity index (χ0n) is 17.0. The maximum absolute atomic E-state index is 13.9. The van der Waals surface area contributed by atoms with Gasteiger partial charge in [-0.1, -0.05) is 42.1 Å². The summed E-state index contributed by atoms with van der Waals surface area (Å²) in [6.45, 7) is 0.532. The van der Waals surface area contributed by atoms with Gasteiger partial charge in [0.2, 0.25) is 0 Å². The largest absolute Gasteiger partial charge is 0.493 e. The van der Waals surface area contributed by atoms with E-state index in [9.17, 15) is 4.39 Å². The molecule has 1 aromatic heterocycles. The molecule has 0 saturated heterocycles. The van der Waals surface area contributed by atoms with Crippen molar-refractivity contribution < 1.29 is 13.9 Å². The highest BCUT2D eigenvalue weighted by molar-refractivity contribution is 7.99. The lowest BCUT2D eigenvalue weighted by Crippen LogP contribution is -2.08. The summed E-state index contributed by atoms with van der Waals surface area (Å²) in [6.07, 6.45) is 0. The van der Waals surface area contributed by atoms with E-state index in [1.165, 1.54) is 17.8 Å². The van der Waals surface area contributed by atoms with Gasteiger partial charge in [-0.2, -0.15) is 5.26 Å². The van der Waals surface area contributed by atoms with Gasteiger partial charge in [0.1, 0.15) is 12.4 Å². The summed E-state index contributed by atoms with van der Waals surface area (Å²) in [4.78, 5) is 0. The second-order valence-electron chi connectivity index (χ2n) is 6.62. The molecule has 0 saturated carbocycles. The van der Waals surface area contributed by atoms with Crippen molar-refractivity contribution in [2.45, 2.75) is 11.8 Å². The highest BCUT2D eigenvalue weighted by Gasteiger charge is 2.16. The quantitative estimate of drug-likeness (QED) is 0.265. The fourth-order valence-corrected chi connectivity index (χ4v) is 3.73. The zero-order valence-corrected chi connectivity index (χ0v) is 17.8. The van der Waals surface area contributed by atoms with Crippen LogP contribution in [0.4, 0.5) is 4.39 Å². The molecule has 0 N–H and O–H groups in total. The van der Waals surface area contributed by atoms with E-state index in [1.807, 2.05) is 34.9 Å². The molecule has 3 aromatic carbocycles. The van der Waals surface area contributed by atoms with Gasteiger partial charge in [-0.15, -0.1) is 10.2 Å². The monoisotopic (exact) mass is 446 g/mol. The van der Waals surface area contributed by atoms with Crippen molar-refractivity contribution in [3.05, 3.63) is 96.1 Å². The summed E-state index contributed by atoms with van der Waals surface area (Å²) in [5.74, 6) is 1.65. The van der Waals surface area contributed by atoms with Crippen LogP contribution in [0, 0.1) is 17.1 Å². The summed E-state index contributed by atoms with van der Waals surface area (Å²) in [7, 11) is 0.